The van der Waals surface area contributed by atoms with Crippen LogP contribution in [0.4, 0.5) is 0 Å². The van der Waals surface area contributed by atoms with Gasteiger partial charge in [0.1, 0.15) is 0 Å². The minimum absolute atomic E-state index is 0.109. The van der Waals surface area contributed by atoms with Crippen molar-refractivity contribution in [2.75, 3.05) is 13.2 Å². The second-order valence-corrected chi connectivity index (χ2v) is 4.95. The quantitative estimate of drug-likeness (QED) is 0.402. The Morgan fingerprint density at radius 2 is 1.65 bits per heavy atom. The Morgan fingerprint density at radius 3 is 2.13 bits per heavy atom. The first-order valence-corrected chi connectivity index (χ1v) is 7.70. The Morgan fingerprint density at radius 1 is 1.09 bits per heavy atom. The number of esters is 2. The number of amides is 1. The largest absolute Gasteiger partial charge is 0.464 e. The Kier molecular flexibility index (Phi) is 7.80. The third-order valence-corrected chi connectivity index (χ3v) is 3.41. The molecule has 0 aliphatic rings. The van der Waals surface area contributed by atoms with Crippen molar-refractivity contribution in [1.82, 2.24) is 5.32 Å². The van der Waals surface area contributed by atoms with E-state index in [-0.39, 0.29) is 19.6 Å². The highest BCUT2D eigenvalue weighted by Gasteiger charge is 2.48. The fraction of sp³-hybridized carbons (Fsp3) is 0.471. The molecular formula is C17H23NO5. The minimum atomic E-state index is -1.79. The maximum atomic E-state index is 12.3. The van der Waals surface area contributed by atoms with E-state index in [0.29, 0.717) is 19.3 Å². The minimum Gasteiger partial charge on any atom is -0.464 e. The number of hydrogen-bond acceptors (Lipinski definition) is 5. The smallest absolute Gasteiger partial charge is 0.343 e. The van der Waals surface area contributed by atoms with E-state index in [9.17, 15) is 14.4 Å². The Labute approximate surface area is 136 Å². The van der Waals surface area contributed by atoms with Gasteiger partial charge in [0, 0.05) is 0 Å². The summed E-state index contributed by atoms with van der Waals surface area (Å²) in [7, 11) is 0. The Hall–Kier alpha value is -2.37. The zero-order valence-electron chi connectivity index (χ0n) is 13.5. The average Bonchev–Trinajstić information content (AvgIpc) is 2.55. The van der Waals surface area contributed by atoms with Crippen molar-refractivity contribution in [3.05, 3.63) is 35.9 Å². The Bertz CT molecular complexity index is 497. The zero-order chi connectivity index (χ0) is 17.1. The van der Waals surface area contributed by atoms with E-state index in [1.54, 1.807) is 13.8 Å². The summed E-state index contributed by atoms with van der Waals surface area (Å²) in [6.07, 6.45) is 1.62. The molecule has 6 nitrogen and oxygen atoms in total. The highest BCUT2D eigenvalue weighted by Crippen LogP contribution is 2.19. The maximum absolute atomic E-state index is 12.3. The monoisotopic (exact) mass is 321 g/mol. The molecule has 0 aromatic heterocycles. The van der Waals surface area contributed by atoms with E-state index in [2.05, 4.69) is 5.32 Å². The fourth-order valence-corrected chi connectivity index (χ4v) is 2.29. The summed E-state index contributed by atoms with van der Waals surface area (Å²) in [5, 5.41) is 2.32. The second-order valence-electron chi connectivity index (χ2n) is 4.95. The molecule has 1 N–H and O–H groups in total. The van der Waals surface area contributed by atoms with E-state index in [4.69, 9.17) is 9.47 Å². The lowest BCUT2D eigenvalue weighted by atomic mass is 9.91. The molecule has 23 heavy (non-hydrogen) atoms. The number of aryl methyl sites for hydroxylation is 1. The molecule has 0 saturated carbocycles. The molecule has 0 aliphatic heterocycles. The number of carbonyl (C=O) groups is 3. The standard InChI is InChI=1S/C17H23NO5/c1-3-22-15(20)17(18-13-19,16(21)23-4-2)12-8-11-14-9-6-5-7-10-14/h5-7,9-10,13H,3-4,8,11-12H2,1-2H3,(H,18,19). The number of rotatable bonds is 10. The van der Waals surface area contributed by atoms with Crippen LogP contribution in [0.25, 0.3) is 0 Å². The molecule has 1 rings (SSSR count). The molecule has 6 heteroatoms. The van der Waals surface area contributed by atoms with Gasteiger partial charge in [-0.15, -0.1) is 0 Å². The molecule has 1 aromatic carbocycles. The van der Waals surface area contributed by atoms with Gasteiger partial charge < -0.3 is 14.8 Å². The predicted molar refractivity (Wildman–Crippen MR) is 84.6 cm³/mol. The van der Waals surface area contributed by atoms with Crippen LogP contribution in [-0.2, 0) is 30.3 Å². The number of hydrogen-bond donors (Lipinski definition) is 1. The molecule has 0 radical (unpaired) electrons. The van der Waals surface area contributed by atoms with Crippen LogP contribution in [0.2, 0.25) is 0 Å². The third kappa shape index (κ3) is 5.09. The van der Waals surface area contributed by atoms with Gasteiger partial charge in [0.25, 0.3) is 0 Å². The summed E-state index contributed by atoms with van der Waals surface area (Å²) in [5.74, 6) is -1.59. The van der Waals surface area contributed by atoms with Gasteiger partial charge in [0.15, 0.2) is 0 Å². The summed E-state index contributed by atoms with van der Waals surface area (Å²) in [6.45, 7) is 3.50. The lowest BCUT2D eigenvalue weighted by Crippen LogP contribution is -2.59. The van der Waals surface area contributed by atoms with Crippen molar-refractivity contribution in [1.29, 1.82) is 0 Å². The van der Waals surface area contributed by atoms with Crippen molar-refractivity contribution in [2.45, 2.75) is 38.6 Å². The first-order valence-electron chi connectivity index (χ1n) is 7.70. The summed E-state index contributed by atoms with van der Waals surface area (Å²) in [4.78, 5) is 35.5. The van der Waals surface area contributed by atoms with E-state index in [1.807, 2.05) is 30.3 Å². The summed E-state index contributed by atoms with van der Waals surface area (Å²) >= 11 is 0. The van der Waals surface area contributed by atoms with Gasteiger partial charge in [0.05, 0.1) is 13.2 Å². The first kappa shape index (κ1) is 18.7. The van der Waals surface area contributed by atoms with Gasteiger partial charge in [0.2, 0.25) is 11.9 Å². The summed E-state index contributed by atoms with van der Waals surface area (Å²) < 4.78 is 9.94. The third-order valence-electron chi connectivity index (χ3n) is 3.41. The first-order chi connectivity index (χ1) is 11.1. The zero-order valence-corrected chi connectivity index (χ0v) is 13.5. The molecule has 0 fully saturated rings. The molecule has 0 spiro atoms. The van der Waals surface area contributed by atoms with Crippen LogP contribution >= 0.6 is 0 Å². The van der Waals surface area contributed by atoms with Crippen LogP contribution in [-0.4, -0.2) is 37.1 Å². The van der Waals surface area contributed by atoms with E-state index < -0.39 is 17.5 Å². The van der Waals surface area contributed by atoms with Crippen molar-refractivity contribution in [3.63, 3.8) is 0 Å². The van der Waals surface area contributed by atoms with Crippen LogP contribution in [0.1, 0.15) is 32.3 Å². The SMILES string of the molecule is CCOC(=O)C(CCCc1ccccc1)(NC=O)C(=O)OCC. The topological polar surface area (TPSA) is 81.7 Å². The molecular weight excluding hydrogens is 298 g/mol. The highest BCUT2D eigenvalue weighted by atomic mass is 16.6. The molecule has 1 aromatic rings. The van der Waals surface area contributed by atoms with Crippen LogP contribution in [0.3, 0.4) is 0 Å². The number of ether oxygens (including phenoxy) is 2. The van der Waals surface area contributed by atoms with Gasteiger partial charge in [-0.05, 0) is 38.7 Å². The van der Waals surface area contributed by atoms with Crippen LogP contribution < -0.4 is 5.32 Å². The number of nitrogens with one attached hydrogen (secondary N) is 1. The molecule has 0 unspecified atom stereocenters. The predicted octanol–water partition coefficient (Wildman–Crippen LogP) is 1.62. The van der Waals surface area contributed by atoms with E-state index in [0.717, 1.165) is 5.56 Å². The van der Waals surface area contributed by atoms with Crippen LogP contribution in [0.15, 0.2) is 30.3 Å². The van der Waals surface area contributed by atoms with Gasteiger partial charge in [-0.2, -0.15) is 0 Å². The van der Waals surface area contributed by atoms with Crippen molar-refractivity contribution >= 4 is 18.3 Å². The molecule has 1 amide bonds. The van der Waals surface area contributed by atoms with Crippen LogP contribution in [0.5, 0.6) is 0 Å². The van der Waals surface area contributed by atoms with Gasteiger partial charge in [-0.3, -0.25) is 4.79 Å². The normalized spacial score (nSPS) is 10.7. The lowest BCUT2D eigenvalue weighted by molar-refractivity contribution is -0.167. The van der Waals surface area contributed by atoms with Gasteiger partial charge >= 0.3 is 11.9 Å². The van der Waals surface area contributed by atoms with Gasteiger partial charge in [-0.1, -0.05) is 30.3 Å². The molecule has 0 atom stereocenters. The fourth-order valence-electron chi connectivity index (χ4n) is 2.29. The van der Waals surface area contributed by atoms with E-state index in [1.165, 1.54) is 0 Å². The molecule has 0 saturated heterocycles. The Balaban J connectivity index is 2.89. The highest BCUT2D eigenvalue weighted by molar-refractivity contribution is 6.06. The average molecular weight is 321 g/mol. The number of benzene rings is 1. The van der Waals surface area contributed by atoms with E-state index >= 15 is 0 Å². The lowest BCUT2D eigenvalue weighted by Gasteiger charge is -2.28. The molecule has 0 heterocycles. The van der Waals surface area contributed by atoms with Crippen molar-refractivity contribution in [2.24, 2.45) is 0 Å². The molecule has 126 valence electrons. The van der Waals surface area contributed by atoms with Crippen LogP contribution in [0, 0.1) is 0 Å². The summed E-state index contributed by atoms with van der Waals surface area (Å²) in [6, 6.07) is 9.68. The number of carbonyl (C=O) groups excluding carboxylic acids is 3. The second kappa shape index (κ2) is 9.61. The maximum Gasteiger partial charge on any atom is 0.343 e. The van der Waals surface area contributed by atoms with Gasteiger partial charge in [-0.25, -0.2) is 9.59 Å². The molecule has 0 bridgehead atoms. The van der Waals surface area contributed by atoms with Crippen molar-refractivity contribution < 1.29 is 23.9 Å². The van der Waals surface area contributed by atoms with Crippen molar-refractivity contribution in [3.8, 4) is 0 Å². The molecule has 0 aliphatic carbocycles. The summed E-state index contributed by atoms with van der Waals surface area (Å²) in [5.41, 5.74) is -0.706.